The molecule has 5 N–H and O–H groups in total. The van der Waals surface area contributed by atoms with Crippen LogP contribution in [0.3, 0.4) is 0 Å². The van der Waals surface area contributed by atoms with Crippen molar-refractivity contribution in [3.8, 4) is 5.75 Å². The molecule has 0 amide bonds. The number of pyridine rings is 2. The Morgan fingerprint density at radius 2 is 1.52 bits per heavy atom. The van der Waals surface area contributed by atoms with Crippen LogP contribution in [0, 0.1) is 0 Å². The van der Waals surface area contributed by atoms with Crippen molar-refractivity contribution < 1.29 is 18.3 Å². The first kappa shape index (κ1) is 32.5. The average molecular weight is 662 g/mol. The van der Waals surface area contributed by atoms with E-state index >= 15 is 0 Å². The van der Waals surface area contributed by atoms with Crippen molar-refractivity contribution in [2.45, 2.75) is 24.0 Å². The summed E-state index contributed by atoms with van der Waals surface area (Å²) in [5, 5.41) is 18.4. The fourth-order valence-corrected chi connectivity index (χ4v) is 6.24. The molecule has 0 unspecified atom stereocenters. The highest BCUT2D eigenvalue weighted by Gasteiger charge is 2.16. The van der Waals surface area contributed by atoms with Gasteiger partial charge in [-0.05, 0) is 90.3 Å². The van der Waals surface area contributed by atoms with Gasteiger partial charge >= 0.3 is 0 Å². The molecular formula is C37H35N5O5S. The van der Waals surface area contributed by atoms with E-state index in [1.54, 1.807) is 54.6 Å². The van der Waals surface area contributed by atoms with Gasteiger partial charge in [0.05, 0.1) is 16.5 Å². The normalized spacial score (nSPS) is 12.0. The first-order chi connectivity index (χ1) is 23.3. The molecule has 2 aromatic heterocycles. The van der Waals surface area contributed by atoms with Crippen LogP contribution in [0.25, 0.3) is 10.9 Å². The summed E-state index contributed by atoms with van der Waals surface area (Å²) in [6.45, 7) is 1.35. The summed E-state index contributed by atoms with van der Waals surface area (Å²) >= 11 is 0. The number of hydrogen-bond acceptors (Lipinski definition) is 8. The quantitative estimate of drug-likeness (QED) is 0.0906. The summed E-state index contributed by atoms with van der Waals surface area (Å²) in [5.41, 5.74) is 4.77. The third-order valence-corrected chi connectivity index (χ3v) is 9.10. The molecular weight excluding hydrogens is 627 g/mol. The van der Waals surface area contributed by atoms with Crippen LogP contribution < -0.4 is 25.7 Å². The highest BCUT2D eigenvalue weighted by molar-refractivity contribution is 7.92. The molecule has 48 heavy (non-hydrogen) atoms. The van der Waals surface area contributed by atoms with Gasteiger partial charge in [-0.3, -0.25) is 9.52 Å². The Bertz CT molecular complexity index is 2120. The smallest absolute Gasteiger partial charge is 0.263 e. The highest BCUT2D eigenvalue weighted by Crippen LogP contribution is 2.30. The van der Waals surface area contributed by atoms with E-state index in [2.05, 4.69) is 25.3 Å². The monoisotopic (exact) mass is 661 g/mol. The molecule has 4 aromatic carbocycles. The number of H-pyrrole nitrogens is 1. The molecule has 0 saturated carbocycles. The molecule has 10 nitrogen and oxygen atoms in total. The molecule has 0 saturated heterocycles. The van der Waals surface area contributed by atoms with Crippen LogP contribution in [0.2, 0.25) is 0 Å². The van der Waals surface area contributed by atoms with Gasteiger partial charge in [-0.2, -0.15) is 0 Å². The Kier molecular flexibility index (Phi) is 10.1. The first-order valence-corrected chi connectivity index (χ1v) is 16.9. The largest absolute Gasteiger partial charge is 0.487 e. The van der Waals surface area contributed by atoms with Crippen LogP contribution in [0.5, 0.6) is 5.75 Å². The third-order valence-electron chi connectivity index (χ3n) is 7.73. The molecule has 2 heterocycles. The fourth-order valence-electron chi connectivity index (χ4n) is 5.23. The van der Waals surface area contributed by atoms with Gasteiger partial charge < -0.3 is 25.5 Å². The third kappa shape index (κ3) is 8.26. The second-order valence-electron chi connectivity index (χ2n) is 11.2. The SMILES string of the molecule is O=c1ccc2c([C@@H](O)CNCCc3ccc(Nc4ccc(S(=O)(=O)Nc5ccccn5)cc4)cc3)ccc(OCc3ccccc3)c2[nH]1. The molecule has 1 atom stereocenters. The van der Waals surface area contributed by atoms with E-state index in [1.165, 1.54) is 12.3 Å². The molecule has 0 spiro atoms. The average Bonchev–Trinajstić information content (AvgIpc) is 3.10. The van der Waals surface area contributed by atoms with Crippen molar-refractivity contribution in [1.82, 2.24) is 15.3 Å². The minimum absolute atomic E-state index is 0.139. The van der Waals surface area contributed by atoms with Crippen LogP contribution >= 0.6 is 0 Å². The van der Waals surface area contributed by atoms with E-state index < -0.39 is 16.1 Å². The summed E-state index contributed by atoms with van der Waals surface area (Å²) in [6, 6.07) is 36.1. The lowest BCUT2D eigenvalue weighted by molar-refractivity contribution is 0.176. The lowest BCUT2D eigenvalue weighted by atomic mass is 10.0. The summed E-state index contributed by atoms with van der Waals surface area (Å²) in [5.74, 6) is 0.807. The van der Waals surface area contributed by atoms with Gasteiger partial charge in [-0.25, -0.2) is 13.4 Å². The molecule has 11 heteroatoms. The van der Waals surface area contributed by atoms with Gasteiger partial charge in [0.15, 0.2) is 0 Å². The van der Waals surface area contributed by atoms with Crippen LogP contribution in [0.1, 0.15) is 22.8 Å². The number of aliphatic hydroxyl groups excluding tert-OH is 1. The van der Waals surface area contributed by atoms with Crippen molar-refractivity contribution in [1.29, 1.82) is 0 Å². The Hall–Kier alpha value is -5.49. The second-order valence-corrected chi connectivity index (χ2v) is 12.9. The van der Waals surface area contributed by atoms with E-state index in [1.807, 2.05) is 60.7 Å². The Balaban J connectivity index is 0.998. The lowest BCUT2D eigenvalue weighted by Gasteiger charge is -2.17. The molecule has 0 fully saturated rings. The highest BCUT2D eigenvalue weighted by atomic mass is 32.2. The van der Waals surface area contributed by atoms with Crippen LogP contribution in [0.15, 0.2) is 137 Å². The second kappa shape index (κ2) is 14.9. The van der Waals surface area contributed by atoms with Gasteiger partial charge in [0.25, 0.3) is 10.0 Å². The van der Waals surface area contributed by atoms with Crippen molar-refractivity contribution in [3.05, 3.63) is 155 Å². The predicted octanol–water partition coefficient (Wildman–Crippen LogP) is 5.91. The van der Waals surface area contributed by atoms with Gasteiger partial charge in [0.1, 0.15) is 18.2 Å². The fraction of sp³-hybridized carbons (Fsp3) is 0.135. The van der Waals surface area contributed by atoms with Crippen LogP contribution in [-0.2, 0) is 23.1 Å². The van der Waals surface area contributed by atoms with E-state index in [0.29, 0.717) is 36.5 Å². The van der Waals surface area contributed by atoms with Crippen molar-refractivity contribution in [3.63, 3.8) is 0 Å². The van der Waals surface area contributed by atoms with Gasteiger partial charge in [-0.1, -0.05) is 54.6 Å². The van der Waals surface area contributed by atoms with E-state index in [9.17, 15) is 18.3 Å². The number of nitrogens with zero attached hydrogens (tertiary/aromatic N) is 1. The minimum Gasteiger partial charge on any atom is -0.487 e. The predicted molar refractivity (Wildman–Crippen MR) is 188 cm³/mol. The maximum absolute atomic E-state index is 12.7. The van der Waals surface area contributed by atoms with E-state index in [-0.39, 0.29) is 16.3 Å². The maximum Gasteiger partial charge on any atom is 0.263 e. The van der Waals surface area contributed by atoms with E-state index in [4.69, 9.17) is 4.74 Å². The zero-order chi connectivity index (χ0) is 33.3. The maximum atomic E-state index is 12.7. The van der Waals surface area contributed by atoms with E-state index in [0.717, 1.165) is 34.3 Å². The van der Waals surface area contributed by atoms with Gasteiger partial charge in [0.2, 0.25) is 5.56 Å². The number of rotatable bonds is 14. The Labute approximate surface area is 278 Å². The zero-order valence-electron chi connectivity index (χ0n) is 26.0. The molecule has 0 aliphatic heterocycles. The number of aliphatic hydroxyl groups is 1. The number of benzene rings is 4. The van der Waals surface area contributed by atoms with Crippen LogP contribution in [-0.4, -0.2) is 36.6 Å². The molecule has 6 rings (SSSR count). The number of ether oxygens (including phenoxy) is 1. The Morgan fingerprint density at radius 3 is 2.25 bits per heavy atom. The topological polar surface area (TPSA) is 145 Å². The zero-order valence-corrected chi connectivity index (χ0v) is 26.8. The molecule has 244 valence electrons. The summed E-state index contributed by atoms with van der Waals surface area (Å²) < 4.78 is 33.8. The van der Waals surface area contributed by atoms with Crippen molar-refractivity contribution in [2.24, 2.45) is 0 Å². The number of nitrogens with one attached hydrogen (secondary N) is 4. The summed E-state index contributed by atoms with van der Waals surface area (Å²) in [6.07, 6.45) is 1.48. The summed E-state index contributed by atoms with van der Waals surface area (Å²) in [7, 11) is -3.75. The minimum atomic E-state index is -3.75. The standard InChI is InChI=1S/C37H35N5O5S/c43-33(31-17-19-34(37-32(31)18-20-36(44)41-37)47-25-27-6-2-1-3-7-27)24-38-23-21-26-9-11-28(12-10-26)40-29-13-15-30(16-14-29)48(45,46)42-35-8-4-5-22-39-35/h1-20,22,33,38,40,43H,21,23-25H2,(H,39,42)(H,41,44)/t33-/m0/s1. The number of aromatic amines is 1. The number of fused-ring (bicyclic) bond motifs is 1. The van der Waals surface area contributed by atoms with Crippen molar-refractivity contribution in [2.75, 3.05) is 23.1 Å². The Morgan fingerprint density at radius 1 is 0.792 bits per heavy atom. The number of anilines is 3. The van der Waals surface area contributed by atoms with Gasteiger partial charge in [-0.15, -0.1) is 0 Å². The number of aromatic nitrogens is 2. The molecule has 0 aliphatic carbocycles. The number of sulfonamides is 1. The first-order valence-electron chi connectivity index (χ1n) is 15.5. The number of hydrogen-bond donors (Lipinski definition) is 5. The molecule has 0 aliphatic rings. The lowest BCUT2D eigenvalue weighted by Crippen LogP contribution is -2.24. The molecule has 0 radical (unpaired) electrons. The summed E-state index contributed by atoms with van der Waals surface area (Å²) in [4.78, 5) is 19.1. The molecule has 0 bridgehead atoms. The molecule has 6 aromatic rings. The van der Waals surface area contributed by atoms with Crippen LogP contribution in [0.4, 0.5) is 17.2 Å². The van der Waals surface area contributed by atoms with Gasteiger partial charge in [0, 0.05) is 35.6 Å². The van der Waals surface area contributed by atoms with Crippen molar-refractivity contribution >= 4 is 38.1 Å².